The molecular formula is C23H29NO3. The molecule has 4 heteroatoms. The summed E-state index contributed by atoms with van der Waals surface area (Å²) in [4.78, 5) is 0. The van der Waals surface area contributed by atoms with Gasteiger partial charge in [-0.1, -0.05) is 45.0 Å². The van der Waals surface area contributed by atoms with Gasteiger partial charge in [-0.3, -0.25) is 0 Å². The zero-order chi connectivity index (χ0) is 19.2. The standard InChI is InChI=1S/C23H29NO3/c1-14(25)27-17-7-5-6-15(12-17)21-18-10-11-26-22(18)19-13-16(23(2,3)4)8-9-20(19)24-21/h5-9,12-14,18,21-22,24-25H,10-11H2,1-4H3. The van der Waals surface area contributed by atoms with Crippen LogP contribution in [0.2, 0.25) is 0 Å². The number of rotatable bonds is 3. The van der Waals surface area contributed by atoms with E-state index >= 15 is 0 Å². The van der Waals surface area contributed by atoms with E-state index in [1.807, 2.05) is 18.2 Å². The van der Waals surface area contributed by atoms with Gasteiger partial charge >= 0.3 is 0 Å². The minimum absolute atomic E-state index is 0.118. The van der Waals surface area contributed by atoms with Gasteiger partial charge in [0.2, 0.25) is 0 Å². The van der Waals surface area contributed by atoms with Gasteiger partial charge in [0.25, 0.3) is 0 Å². The highest BCUT2D eigenvalue weighted by Gasteiger charge is 2.41. The van der Waals surface area contributed by atoms with E-state index in [0.29, 0.717) is 11.7 Å². The first kappa shape index (κ1) is 18.3. The van der Waals surface area contributed by atoms with E-state index in [1.165, 1.54) is 16.7 Å². The molecule has 2 aromatic carbocycles. The topological polar surface area (TPSA) is 50.7 Å². The van der Waals surface area contributed by atoms with Gasteiger partial charge in [0.05, 0.1) is 12.1 Å². The molecule has 4 atom stereocenters. The molecule has 2 N–H and O–H groups in total. The van der Waals surface area contributed by atoms with E-state index in [4.69, 9.17) is 9.47 Å². The van der Waals surface area contributed by atoms with E-state index in [9.17, 15) is 5.11 Å². The molecule has 144 valence electrons. The summed E-state index contributed by atoms with van der Waals surface area (Å²) in [6, 6.07) is 14.9. The van der Waals surface area contributed by atoms with Gasteiger partial charge in [0, 0.05) is 23.8 Å². The number of aliphatic hydroxyl groups excluding tert-OH is 1. The quantitative estimate of drug-likeness (QED) is 0.754. The Morgan fingerprint density at radius 3 is 2.74 bits per heavy atom. The molecule has 0 amide bonds. The first-order chi connectivity index (χ1) is 12.8. The van der Waals surface area contributed by atoms with Crippen molar-refractivity contribution in [2.45, 2.75) is 58.0 Å². The Labute approximate surface area is 161 Å². The predicted molar refractivity (Wildman–Crippen MR) is 107 cm³/mol. The summed E-state index contributed by atoms with van der Waals surface area (Å²) < 4.78 is 11.7. The predicted octanol–water partition coefficient (Wildman–Crippen LogP) is 4.95. The second kappa shape index (κ2) is 6.84. The zero-order valence-corrected chi connectivity index (χ0v) is 16.5. The van der Waals surface area contributed by atoms with Crippen LogP contribution in [0, 0.1) is 5.92 Å². The average molecular weight is 367 g/mol. The number of hydrogen-bond acceptors (Lipinski definition) is 4. The van der Waals surface area contributed by atoms with Crippen LogP contribution in [0.5, 0.6) is 5.75 Å². The molecule has 0 aromatic heterocycles. The van der Waals surface area contributed by atoms with Crippen molar-refractivity contribution in [3.8, 4) is 5.75 Å². The highest BCUT2D eigenvalue weighted by atomic mass is 16.6. The molecule has 4 rings (SSSR count). The lowest BCUT2D eigenvalue weighted by molar-refractivity contribution is -0.000396. The molecule has 0 aliphatic carbocycles. The van der Waals surface area contributed by atoms with E-state index in [0.717, 1.165) is 18.7 Å². The SMILES string of the molecule is CC(O)Oc1cccc(C2Nc3ccc(C(C)(C)C)cc3C3OCCC23)c1. The van der Waals surface area contributed by atoms with Gasteiger partial charge in [0.1, 0.15) is 5.75 Å². The van der Waals surface area contributed by atoms with Crippen LogP contribution >= 0.6 is 0 Å². The lowest BCUT2D eigenvalue weighted by atomic mass is 9.78. The van der Waals surface area contributed by atoms with Gasteiger partial charge in [-0.25, -0.2) is 0 Å². The number of fused-ring (bicyclic) bond motifs is 3. The van der Waals surface area contributed by atoms with Crippen LogP contribution in [0.4, 0.5) is 5.69 Å². The Kier molecular flexibility index (Phi) is 4.65. The van der Waals surface area contributed by atoms with Gasteiger partial charge in [-0.2, -0.15) is 0 Å². The highest BCUT2D eigenvalue weighted by molar-refractivity contribution is 5.59. The number of benzene rings is 2. The lowest BCUT2D eigenvalue weighted by Gasteiger charge is -2.37. The molecular weight excluding hydrogens is 338 g/mol. The fourth-order valence-electron chi connectivity index (χ4n) is 4.25. The summed E-state index contributed by atoms with van der Waals surface area (Å²) in [5.74, 6) is 1.07. The van der Waals surface area contributed by atoms with Crippen molar-refractivity contribution < 1.29 is 14.6 Å². The molecule has 0 saturated carbocycles. The number of ether oxygens (including phenoxy) is 2. The molecule has 0 spiro atoms. The van der Waals surface area contributed by atoms with E-state index in [1.54, 1.807) is 6.92 Å². The van der Waals surface area contributed by atoms with E-state index < -0.39 is 6.29 Å². The molecule has 2 aliphatic rings. The normalized spacial score (nSPS) is 25.3. The third kappa shape index (κ3) is 3.56. The minimum atomic E-state index is -0.821. The summed E-state index contributed by atoms with van der Waals surface area (Å²) in [7, 11) is 0. The fourth-order valence-corrected chi connectivity index (χ4v) is 4.25. The van der Waals surface area contributed by atoms with Crippen molar-refractivity contribution in [3.63, 3.8) is 0 Å². The molecule has 0 radical (unpaired) electrons. The van der Waals surface area contributed by atoms with Crippen LogP contribution in [0.15, 0.2) is 42.5 Å². The minimum Gasteiger partial charge on any atom is -0.465 e. The summed E-state index contributed by atoms with van der Waals surface area (Å²) in [6.45, 7) is 9.14. The largest absolute Gasteiger partial charge is 0.465 e. The molecule has 1 saturated heterocycles. The van der Waals surface area contributed by atoms with E-state index in [-0.39, 0.29) is 17.6 Å². The van der Waals surface area contributed by atoms with Crippen molar-refractivity contribution in [1.82, 2.24) is 0 Å². The fraction of sp³-hybridized carbons (Fsp3) is 0.478. The van der Waals surface area contributed by atoms with Gasteiger partial charge in [-0.05, 0) is 48.1 Å². The van der Waals surface area contributed by atoms with E-state index in [2.05, 4.69) is 50.4 Å². The second-order valence-electron chi connectivity index (χ2n) is 8.71. The summed E-state index contributed by atoms with van der Waals surface area (Å²) in [6.07, 6.45) is 0.330. The average Bonchev–Trinajstić information content (AvgIpc) is 3.09. The third-order valence-electron chi connectivity index (χ3n) is 5.62. The van der Waals surface area contributed by atoms with Crippen LogP contribution in [-0.2, 0) is 10.2 Å². The van der Waals surface area contributed by atoms with Crippen LogP contribution in [-0.4, -0.2) is 18.0 Å². The van der Waals surface area contributed by atoms with Gasteiger partial charge in [-0.15, -0.1) is 0 Å². The Morgan fingerprint density at radius 1 is 1.19 bits per heavy atom. The molecule has 4 unspecified atom stereocenters. The van der Waals surface area contributed by atoms with Crippen LogP contribution in [0.1, 0.15) is 63.0 Å². The Balaban J connectivity index is 1.70. The van der Waals surface area contributed by atoms with Crippen molar-refractivity contribution >= 4 is 5.69 Å². The smallest absolute Gasteiger partial charge is 0.194 e. The molecule has 2 heterocycles. The van der Waals surface area contributed by atoms with Crippen molar-refractivity contribution in [2.24, 2.45) is 5.92 Å². The zero-order valence-electron chi connectivity index (χ0n) is 16.5. The Hall–Kier alpha value is -2.04. The van der Waals surface area contributed by atoms with Crippen LogP contribution in [0.3, 0.4) is 0 Å². The Morgan fingerprint density at radius 2 is 2.00 bits per heavy atom. The molecule has 2 aliphatic heterocycles. The van der Waals surface area contributed by atoms with Gasteiger partial charge < -0.3 is 19.9 Å². The van der Waals surface area contributed by atoms with Crippen molar-refractivity contribution in [2.75, 3.05) is 11.9 Å². The van der Waals surface area contributed by atoms with Crippen molar-refractivity contribution in [3.05, 3.63) is 59.2 Å². The summed E-state index contributed by atoms with van der Waals surface area (Å²) >= 11 is 0. The number of anilines is 1. The van der Waals surface area contributed by atoms with Crippen molar-refractivity contribution in [1.29, 1.82) is 0 Å². The first-order valence-corrected chi connectivity index (χ1v) is 9.80. The van der Waals surface area contributed by atoms with Crippen LogP contribution < -0.4 is 10.1 Å². The lowest BCUT2D eigenvalue weighted by Crippen LogP contribution is -2.29. The Bertz CT molecular complexity index is 825. The molecule has 4 nitrogen and oxygen atoms in total. The molecule has 2 aromatic rings. The maximum atomic E-state index is 9.52. The molecule has 0 bridgehead atoms. The summed E-state index contributed by atoms with van der Waals surface area (Å²) in [5.41, 5.74) is 5.05. The second-order valence-corrected chi connectivity index (χ2v) is 8.71. The first-order valence-electron chi connectivity index (χ1n) is 9.80. The number of aliphatic hydroxyl groups is 1. The molecule has 27 heavy (non-hydrogen) atoms. The van der Waals surface area contributed by atoms with Crippen LogP contribution in [0.25, 0.3) is 0 Å². The third-order valence-corrected chi connectivity index (χ3v) is 5.62. The summed E-state index contributed by atoms with van der Waals surface area (Å²) in [5, 5.41) is 13.3. The monoisotopic (exact) mass is 367 g/mol. The maximum Gasteiger partial charge on any atom is 0.194 e. The number of nitrogens with one attached hydrogen (secondary N) is 1. The molecule has 1 fully saturated rings. The highest BCUT2D eigenvalue weighted by Crippen LogP contribution is 2.50. The van der Waals surface area contributed by atoms with Gasteiger partial charge in [0.15, 0.2) is 6.29 Å². The number of hydrogen-bond donors (Lipinski definition) is 2. The maximum absolute atomic E-state index is 9.52.